The minimum Gasteiger partial charge on any atom is -0.454 e. The number of nitrogens with zero attached hydrogens (tertiary/aromatic N) is 2. The van der Waals surface area contributed by atoms with Crippen molar-refractivity contribution in [2.75, 3.05) is 19.9 Å². The van der Waals surface area contributed by atoms with Crippen molar-refractivity contribution in [2.24, 2.45) is 0 Å². The summed E-state index contributed by atoms with van der Waals surface area (Å²) in [5.41, 5.74) is 0.911. The maximum Gasteiger partial charge on any atom is 0.245 e. The first kappa shape index (κ1) is 15.9. The van der Waals surface area contributed by atoms with Gasteiger partial charge < -0.3 is 14.8 Å². The van der Waals surface area contributed by atoms with Crippen LogP contribution in [0.15, 0.2) is 18.2 Å². The van der Waals surface area contributed by atoms with Gasteiger partial charge in [0, 0.05) is 19.1 Å². The SMILES string of the molecule is CC(C)NC(=S)N1CCCN1C(=O)Cc1ccc2c(c1)OCO2. The monoisotopic (exact) mass is 335 g/mol. The summed E-state index contributed by atoms with van der Waals surface area (Å²) in [6.45, 7) is 5.76. The van der Waals surface area contributed by atoms with Crippen LogP contribution in [0.3, 0.4) is 0 Å². The standard InChI is InChI=1S/C16H21N3O3S/c1-11(2)17-16(23)19-7-3-6-18(19)15(20)9-12-4-5-13-14(8-12)22-10-21-13/h4-5,8,11H,3,6-7,9-10H2,1-2H3,(H,17,23). The molecule has 0 aliphatic carbocycles. The van der Waals surface area contributed by atoms with Gasteiger partial charge in [-0.1, -0.05) is 6.07 Å². The summed E-state index contributed by atoms with van der Waals surface area (Å²) < 4.78 is 10.7. The maximum absolute atomic E-state index is 12.6. The summed E-state index contributed by atoms with van der Waals surface area (Å²) in [5, 5.41) is 7.41. The molecule has 0 aromatic heterocycles. The second kappa shape index (κ2) is 6.62. The molecule has 1 aromatic rings. The van der Waals surface area contributed by atoms with Crippen LogP contribution in [0.5, 0.6) is 11.5 Å². The minimum atomic E-state index is 0.0364. The van der Waals surface area contributed by atoms with Gasteiger partial charge in [0.2, 0.25) is 12.7 Å². The molecule has 0 atom stereocenters. The van der Waals surface area contributed by atoms with Crippen LogP contribution in [0.1, 0.15) is 25.8 Å². The van der Waals surface area contributed by atoms with Crippen molar-refractivity contribution < 1.29 is 14.3 Å². The van der Waals surface area contributed by atoms with Gasteiger partial charge in [-0.3, -0.25) is 14.8 Å². The third-order valence-electron chi connectivity index (χ3n) is 3.76. The number of nitrogens with one attached hydrogen (secondary N) is 1. The number of carbonyl (C=O) groups excluding carboxylic acids is 1. The van der Waals surface area contributed by atoms with Crippen LogP contribution in [0.4, 0.5) is 0 Å². The molecule has 2 aliphatic rings. The molecule has 1 saturated heterocycles. The van der Waals surface area contributed by atoms with E-state index in [1.54, 1.807) is 5.01 Å². The fourth-order valence-electron chi connectivity index (χ4n) is 2.72. The van der Waals surface area contributed by atoms with Gasteiger partial charge in [-0.05, 0) is 50.2 Å². The molecule has 0 bridgehead atoms. The van der Waals surface area contributed by atoms with E-state index in [1.165, 1.54) is 0 Å². The molecule has 0 spiro atoms. The van der Waals surface area contributed by atoms with E-state index < -0.39 is 0 Å². The van der Waals surface area contributed by atoms with Crippen LogP contribution < -0.4 is 14.8 Å². The number of rotatable bonds is 3. The van der Waals surface area contributed by atoms with Gasteiger partial charge in [-0.25, -0.2) is 0 Å². The van der Waals surface area contributed by atoms with E-state index in [0.29, 0.717) is 23.8 Å². The third kappa shape index (κ3) is 3.50. The highest BCUT2D eigenvalue weighted by molar-refractivity contribution is 7.80. The molecule has 1 amide bonds. The van der Waals surface area contributed by atoms with Crippen LogP contribution in [0.25, 0.3) is 0 Å². The Labute approximate surface area is 141 Å². The lowest BCUT2D eigenvalue weighted by atomic mass is 10.1. The Kier molecular flexibility index (Phi) is 4.56. The molecule has 0 radical (unpaired) electrons. The van der Waals surface area contributed by atoms with E-state index in [0.717, 1.165) is 24.3 Å². The fourth-order valence-corrected chi connectivity index (χ4v) is 3.15. The van der Waals surface area contributed by atoms with Gasteiger partial charge in [0.25, 0.3) is 0 Å². The van der Waals surface area contributed by atoms with Crippen molar-refractivity contribution >= 4 is 23.2 Å². The summed E-state index contributed by atoms with van der Waals surface area (Å²) in [5.74, 6) is 1.46. The van der Waals surface area contributed by atoms with E-state index >= 15 is 0 Å². The van der Waals surface area contributed by atoms with E-state index in [1.807, 2.05) is 37.1 Å². The van der Waals surface area contributed by atoms with Gasteiger partial charge in [0.05, 0.1) is 6.42 Å². The van der Waals surface area contributed by atoms with Crippen molar-refractivity contribution in [1.29, 1.82) is 0 Å². The first-order valence-corrected chi connectivity index (χ1v) is 8.22. The molecular formula is C16H21N3O3S. The van der Waals surface area contributed by atoms with Crippen LogP contribution in [0, 0.1) is 0 Å². The lowest BCUT2D eigenvalue weighted by molar-refractivity contribution is -0.138. The molecule has 2 heterocycles. The van der Waals surface area contributed by atoms with Gasteiger partial charge in [0.1, 0.15) is 0 Å². The molecule has 6 nitrogen and oxygen atoms in total. The summed E-state index contributed by atoms with van der Waals surface area (Å²) in [6.07, 6.45) is 1.24. The Balaban J connectivity index is 1.66. The summed E-state index contributed by atoms with van der Waals surface area (Å²) in [4.78, 5) is 12.6. The smallest absolute Gasteiger partial charge is 0.245 e. The third-order valence-corrected chi connectivity index (χ3v) is 4.09. The predicted molar refractivity (Wildman–Crippen MR) is 90.2 cm³/mol. The average Bonchev–Trinajstić information content (AvgIpc) is 3.15. The van der Waals surface area contributed by atoms with Crippen LogP contribution in [-0.2, 0) is 11.2 Å². The Morgan fingerprint density at radius 2 is 2.00 bits per heavy atom. The van der Waals surface area contributed by atoms with E-state index in [-0.39, 0.29) is 18.7 Å². The molecule has 7 heteroatoms. The van der Waals surface area contributed by atoms with Gasteiger partial charge in [-0.2, -0.15) is 0 Å². The number of carbonyl (C=O) groups is 1. The zero-order chi connectivity index (χ0) is 16.4. The number of hydrazine groups is 1. The molecule has 23 heavy (non-hydrogen) atoms. The summed E-state index contributed by atoms with van der Waals surface area (Å²) >= 11 is 5.40. The van der Waals surface area contributed by atoms with Crippen molar-refractivity contribution in [3.63, 3.8) is 0 Å². The number of hydrogen-bond acceptors (Lipinski definition) is 4. The van der Waals surface area contributed by atoms with Crippen LogP contribution in [-0.4, -0.2) is 47.0 Å². The second-order valence-electron chi connectivity index (χ2n) is 5.96. The number of hydrogen-bond donors (Lipinski definition) is 1. The normalized spacial score (nSPS) is 16.1. The number of amides is 1. The number of fused-ring (bicyclic) bond motifs is 1. The Hall–Kier alpha value is -2.02. The molecule has 1 aromatic carbocycles. The molecule has 3 rings (SSSR count). The van der Waals surface area contributed by atoms with E-state index in [9.17, 15) is 4.79 Å². The van der Waals surface area contributed by atoms with Crippen molar-refractivity contribution in [2.45, 2.75) is 32.7 Å². The summed E-state index contributed by atoms with van der Waals surface area (Å²) in [7, 11) is 0. The number of ether oxygens (including phenoxy) is 2. The van der Waals surface area contributed by atoms with Gasteiger partial charge >= 0.3 is 0 Å². The molecule has 2 aliphatic heterocycles. The Bertz CT molecular complexity index is 621. The Morgan fingerprint density at radius 3 is 2.78 bits per heavy atom. The Morgan fingerprint density at radius 1 is 1.26 bits per heavy atom. The topological polar surface area (TPSA) is 54.0 Å². The minimum absolute atomic E-state index is 0.0364. The number of benzene rings is 1. The molecule has 1 N–H and O–H groups in total. The zero-order valence-corrected chi connectivity index (χ0v) is 14.2. The average molecular weight is 335 g/mol. The highest BCUT2D eigenvalue weighted by Crippen LogP contribution is 2.32. The highest BCUT2D eigenvalue weighted by Gasteiger charge is 2.29. The molecule has 0 unspecified atom stereocenters. The van der Waals surface area contributed by atoms with Crippen LogP contribution >= 0.6 is 12.2 Å². The fraction of sp³-hybridized carbons (Fsp3) is 0.500. The van der Waals surface area contributed by atoms with Gasteiger partial charge in [-0.15, -0.1) is 0 Å². The molecule has 124 valence electrons. The lowest BCUT2D eigenvalue weighted by Crippen LogP contribution is -2.50. The lowest BCUT2D eigenvalue weighted by Gasteiger charge is -2.31. The van der Waals surface area contributed by atoms with Crippen molar-refractivity contribution in [1.82, 2.24) is 15.3 Å². The zero-order valence-electron chi connectivity index (χ0n) is 13.4. The number of thiocarbonyl (C=S) groups is 1. The predicted octanol–water partition coefficient (Wildman–Crippen LogP) is 1.69. The van der Waals surface area contributed by atoms with E-state index in [2.05, 4.69) is 5.32 Å². The van der Waals surface area contributed by atoms with Gasteiger partial charge in [0.15, 0.2) is 16.6 Å². The van der Waals surface area contributed by atoms with Crippen molar-refractivity contribution in [3.8, 4) is 11.5 Å². The first-order valence-electron chi connectivity index (χ1n) is 7.81. The second-order valence-corrected chi connectivity index (χ2v) is 6.35. The quantitative estimate of drug-likeness (QED) is 0.849. The van der Waals surface area contributed by atoms with Crippen molar-refractivity contribution in [3.05, 3.63) is 23.8 Å². The molecule has 0 saturated carbocycles. The maximum atomic E-state index is 12.6. The summed E-state index contributed by atoms with van der Waals surface area (Å²) in [6, 6.07) is 5.85. The highest BCUT2D eigenvalue weighted by atomic mass is 32.1. The molecule has 1 fully saturated rings. The van der Waals surface area contributed by atoms with E-state index in [4.69, 9.17) is 21.7 Å². The first-order chi connectivity index (χ1) is 11.0. The van der Waals surface area contributed by atoms with Crippen LogP contribution in [0.2, 0.25) is 0 Å². The largest absolute Gasteiger partial charge is 0.454 e. The molecular weight excluding hydrogens is 314 g/mol.